The first-order chi connectivity index (χ1) is 10.9. The molecule has 0 radical (unpaired) electrons. The van der Waals surface area contributed by atoms with E-state index in [2.05, 4.69) is 10.6 Å². The second-order valence-corrected chi connectivity index (χ2v) is 8.21. The summed E-state index contributed by atoms with van der Waals surface area (Å²) >= 11 is 0. The van der Waals surface area contributed by atoms with Crippen LogP contribution in [0.5, 0.6) is 0 Å². The van der Waals surface area contributed by atoms with Gasteiger partial charge in [-0.05, 0) is 38.5 Å². The third-order valence-electron chi connectivity index (χ3n) is 6.38. The summed E-state index contributed by atoms with van der Waals surface area (Å²) in [5.74, 6) is 0. The molecule has 0 heterocycles. The summed E-state index contributed by atoms with van der Waals surface area (Å²) in [5.41, 5.74) is 0. The Morgan fingerprint density at radius 2 is 0.682 bits per heavy atom. The van der Waals surface area contributed by atoms with E-state index in [0.29, 0.717) is 0 Å². The van der Waals surface area contributed by atoms with E-state index in [-0.39, 0.29) is 0 Å². The second-order valence-electron chi connectivity index (χ2n) is 8.21. The lowest BCUT2D eigenvalue weighted by Gasteiger charge is -2.38. The van der Waals surface area contributed by atoms with Gasteiger partial charge in [-0.1, -0.05) is 64.2 Å². The summed E-state index contributed by atoms with van der Waals surface area (Å²) in [6.07, 6.45) is 23.0. The lowest BCUT2D eigenvalue weighted by Crippen LogP contribution is -2.55. The highest BCUT2D eigenvalue weighted by Crippen LogP contribution is 2.25. The van der Waals surface area contributed by atoms with E-state index in [1.807, 2.05) is 0 Å². The summed E-state index contributed by atoms with van der Waals surface area (Å²) in [6.45, 7) is 0. The first kappa shape index (κ1) is 16.8. The SMILES string of the molecule is C1CCCC(N[C@@H]2CCCC[C@H]2NC2CCCCCC2)CC1. The highest BCUT2D eigenvalue weighted by atomic mass is 15.1. The molecule has 2 heteroatoms. The molecular formula is C20H38N2. The quantitative estimate of drug-likeness (QED) is 0.720. The van der Waals surface area contributed by atoms with E-state index >= 15 is 0 Å². The summed E-state index contributed by atoms with van der Waals surface area (Å²) < 4.78 is 0. The van der Waals surface area contributed by atoms with Crippen molar-refractivity contribution < 1.29 is 0 Å². The molecule has 2 atom stereocenters. The predicted octanol–water partition coefficient (Wildman–Crippen LogP) is 4.92. The summed E-state index contributed by atoms with van der Waals surface area (Å²) in [4.78, 5) is 0. The standard InChI is InChI=1S/C20H38N2/c1-2-6-12-17(11-5-1)21-19-15-9-10-16-20(19)22-18-13-7-3-4-8-14-18/h17-22H,1-16H2/t19-,20-/m1/s1. The second kappa shape index (κ2) is 9.27. The molecule has 2 N–H and O–H groups in total. The maximum atomic E-state index is 4.09. The molecular weight excluding hydrogens is 268 g/mol. The zero-order chi connectivity index (χ0) is 15.0. The molecule has 0 bridgehead atoms. The van der Waals surface area contributed by atoms with Gasteiger partial charge >= 0.3 is 0 Å². The predicted molar refractivity (Wildman–Crippen MR) is 95.3 cm³/mol. The first-order valence-corrected chi connectivity index (χ1v) is 10.4. The van der Waals surface area contributed by atoms with Crippen molar-refractivity contribution in [1.82, 2.24) is 10.6 Å². The molecule has 0 unspecified atom stereocenters. The van der Waals surface area contributed by atoms with Crippen LogP contribution in [-0.4, -0.2) is 24.2 Å². The highest BCUT2D eigenvalue weighted by Gasteiger charge is 2.29. The Morgan fingerprint density at radius 1 is 0.364 bits per heavy atom. The molecule has 3 rings (SSSR count). The van der Waals surface area contributed by atoms with Crippen LogP contribution in [0.2, 0.25) is 0 Å². The zero-order valence-corrected chi connectivity index (χ0v) is 14.6. The molecule has 0 saturated heterocycles. The number of hydrogen-bond donors (Lipinski definition) is 2. The van der Waals surface area contributed by atoms with Crippen LogP contribution in [0.15, 0.2) is 0 Å². The van der Waals surface area contributed by atoms with Gasteiger partial charge in [-0.15, -0.1) is 0 Å². The van der Waals surface area contributed by atoms with Crippen molar-refractivity contribution in [1.29, 1.82) is 0 Å². The largest absolute Gasteiger partial charge is 0.310 e. The Balaban J connectivity index is 1.51. The van der Waals surface area contributed by atoms with Crippen molar-refractivity contribution in [2.75, 3.05) is 0 Å². The van der Waals surface area contributed by atoms with Crippen LogP contribution in [0.3, 0.4) is 0 Å². The third kappa shape index (κ3) is 5.23. The average molecular weight is 307 g/mol. The van der Waals surface area contributed by atoms with Crippen LogP contribution in [0.1, 0.15) is 103 Å². The fraction of sp³-hybridized carbons (Fsp3) is 1.00. The monoisotopic (exact) mass is 306 g/mol. The smallest absolute Gasteiger partial charge is 0.0223 e. The van der Waals surface area contributed by atoms with Gasteiger partial charge < -0.3 is 10.6 Å². The molecule has 128 valence electrons. The third-order valence-corrected chi connectivity index (χ3v) is 6.38. The van der Waals surface area contributed by atoms with Crippen molar-refractivity contribution in [3.63, 3.8) is 0 Å². The van der Waals surface area contributed by atoms with Gasteiger partial charge in [0.15, 0.2) is 0 Å². The molecule has 3 fully saturated rings. The van der Waals surface area contributed by atoms with Crippen molar-refractivity contribution in [2.45, 2.75) is 127 Å². The molecule has 2 nitrogen and oxygen atoms in total. The Labute approximate surface area is 138 Å². The molecule has 3 aliphatic carbocycles. The average Bonchev–Trinajstić information content (AvgIpc) is 2.94. The molecule has 0 spiro atoms. The van der Waals surface area contributed by atoms with Crippen LogP contribution < -0.4 is 10.6 Å². The Kier molecular flexibility index (Phi) is 7.07. The van der Waals surface area contributed by atoms with Gasteiger partial charge in [-0.25, -0.2) is 0 Å². The number of hydrogen-bond acceptors (Lipinski definition) is 2. The van der Waals surface area contributed by atoms with E-state index in [9.17, 15) is 0 Å². The minimum absolute atomic E-state index is 0.750. The van der Waals surface area contributed by atoms with Gasteiger partial charge in [-0.3, -0.25) is 0 Å². The van der Waals surface area contributed by atoms with Crippen LogP contribution in [0.25, 0.3) is 0 Å². The summed E-state index contributed by atoms with van der Waals surface area (Å²) in [6, 6.07) is 3.12. The highest BCUT2D eigenvalue weighted by molar-refractivity contribution is 4.91. The molecule has 22 heavy (non-hydrogen) atoms. The Bertz CT molecular complexity index is 258. The van der Waals surface area contributed by atoms with Crippen molar-refractivity contribution >= 4 is 0 Å². The van der Waals surface area contributed by atoms with Crippen LogP contribution >= 0.6 is 0 Å². The van der Waals surface area contributed by atoms with Crippen LogP contribution in [0.4, 0.5) is 0 Å². The molecule has 0 amide bonds. The van der Waals surface area contributed by atoms with Gasteiger partial charge in [0.05, 0.1) is 0 Å². The van der Waals surface area contributed by atoms with E-state index in [4.69, 9.17) is 0 Å². The van der Waals surface area contributed by atoms with E-state index in [1.165, 1.54) is 103 Å². The molecule has 0 aromatic heterocycles. The first-order valence-electron chi connectivity index (χ1n) is 10.4. The molecule has 3 aliphatic rings. The lowest BCUT2D eigenvalue weighted by molar-refractivity contribution is 0.232. The minimum atomic E-state index is 0.750. The van der Waals surface area contributed by atoms with Gasteiger partial charge in [0.1, 0.15) is 0 Å². The van der Waals surface area contributed by atoms with Gasteiger partial charge in [0.25, 0.3) is 0 Å². The van der Waals surface area contributed by atoms with E-state index in [0.717, 1.165) is 24.2 Å². The van der Waals surface area contributed by atoms with Crippen molar-refractivity contribution in [2.24, 2.45) is 0 Å². The fourth-order valence-electron chi connectivity index (χ4n) is 5.03. The zero-order valence-electron chi connectivity index (χ0n) is 14.6. The molecule has 0 aliphatic heterocycles. The Hall–Kier alpha value is -0.0800. The minimum Gasteiger partial charge on any atom is -0.310 e. The van der Waals surface area contributed by atoms with Gasteiger partial charge in [0, 0.05) is 24.2 Å². The van der Waals surface area contributed by atoms with E-state index < -0.39 is 0 Å². The van der Waals surface area contributed by atoms with Crippen LogP contribution in [-0.2, 0) is 0 Å². The van der Waals surface area contributed by atoms with Gasteiger partial charge in [-0.2, -0.15) is 0 Å². The normalized spacial score (nSPS) is 33.3. The molecule has 0 aromatic carbocycles. The number of nitrogens with one attached hydrogen (secondary N) is 2. The van der Waals surface area contributed by atoms with Crippen LogP contribution in [0, 0.1) is 0 Å². The fourth-order valence-corrected chi connectivity index (χ4v) is 5.03. The topological polar surface area (TPSA) is 24.1 Å². The van der Waals surface area contributed by atoms with Gasteiger partial charge in [0.2, 0.25) is 0 Å². The van der Waals surface area contributed by atoms with E-state index in [1.54, 1.807) is 0 Å². The summed E-state index contributed by atoms with van der Waals surface area (Å²) in [7, 11) is 0. The summed E-state index contributed by atoms with van der Waals surface area (Å²) in [5, 5.41) is 8.18. The van der Waals surface area contributed by atoms with Crippen molar-refractivity contribution in [3.8, 4) is 0 Å². The molecule has 0 aromatic rings. The number of rotatable bonds is 4. The lowest BCUT2D eigenvalue weighted by atomic mass is 9.88. The maximum absolute atomic E-state index is 4.09. The maximum Gasteiger partial charge on any atom is 0.0223 e. The molecule has 3 saturated carbocycles. The van der Waals surface area contributed by atoms with Crippen molar-refractivity contribution in [3.05, 3.63) is 0 Å². The Morgan fingerprint density at radius 3 is 1.05 bits per heavy atom.